The maximum absolute atomic E-state index is 10.6. The Kier molecular flexibility index (Phi) is 4.40. The van der Waals surface area contributed by atoms with Crippen LogP contribution in [-0.2, 0) is 0 Å². The van der Waals surface area contributed by atoms with Crippen LogP contribution in [0.25, 0.3) is 0 Å². The summed E-state index contributed by atoms with van der Waals surface area (Å²) in [6.45, 7) is 4.94. The van der Waals surface area contributed by atoms with Gasteiger partial charge in [0.2, 0.25) is 5.95 Å². The summed E-state index contributed by atoms with van der Waals surface area (Å²) in [4.78, 5) is 20.4. The SMILES string of the molecule is CCN(CC(C)C#N)c1ncc(C(=O)O)cn1. The second-order valence-corrected chi connectivity index (χ2v) is 3.65. The highest BCUT2D eigenvalue weighted by molar-refractivity contribution is 5.86. The summed E-state index contributed by atoms with van der Waals surface area (Å²) >= 11 is 0. The molecule has 6 heteroatoms. The first-order chi connectivity index (χ1) is 8.08. The van der Waals surface area contributed by atoms with Crippen molar-refractivity contribution in [2.45, 2.75) is 13.8 Å². The number of aromatic nitrogens is 2. The van der Waals surface area contributed by atoms with E-state index >= 15 is 0 Å². The molecule has 1 atom stereocenters. The monoisotopic (exact) mass is 234 g/mol. The second-order valence-electron chi connectivity index (χ2n) is 3.65. The van der Waals surface area contributed by atoms with Gasteiger partial charge in [-0.25, -0.2) is 14.8 Å². The third kappa shape index (κ3) is 3.41. The van der Waals surface area contributed by atoms with Crippen LogP contribution in [-0.4, -0.2) is 34.1 Å². The number of carbonyl (C=O) groups is 1. The van der Waals surface area contributed by atoms with Gasteiger partial charge in [0.15, 0.2) is 0 Å². The van der Waals surface area contributed by atoms with Crippen molar-refractivity contribution in [1.29, 1.82) is 5.26 Å². The lowest BCUT2D eigenvalue weighted by Crippen LogP contribution is -2.29. The number of nitrogens with zero attached hydrogens (tertiary/aromatic N) is 4. The van der Waals surface area contributed by atoms with E-state index in [9.17, 15) is 4.79 Å². The average Bonchev–Trinajstić information content (AvgIpc) is 2.35. The van der Waals surface area contributed by atoms with Gasteiger partial charge in [-0.15, -0.1) is 0 Å². The molecule has 0 radical (unpaired) electrons. The van der Waals surface area contributed by atoms with Crippen molar-refractivity contribution < 1.29 is 9.90 Å². The summed E-state index contributed by atoms with van der Waals surface area (Å²) in [6, 6.07) is 2.14. The van der Waals surface area contributed by atoms with E-state index < -0.39 is 5.97 Å². The topological polar surface area (TPSA) is 90.1 Å². The molecule has 17 heavy (non-hydrogen) atoms. The van der Waals surface area contributed by atoms with E-state index in [4.69, 9.17) is 10.4 Å². The zero-order valence-electron chi connectivity index (χ0n) is 9.79. The molecule has 0 aliphatic carbocycles. The first-order valence-electron chi connectivity index (χ1n) is 5.28. The quantitative estimate of drug-likeness (QED) is 0.822. The Morgan fingerprint density at radius 1 is 1.59 bits per heavy atom. The molecule has 1 rings (SSSR count). The number of aromatic carboxylic acids is 1. The largest absolute Gasteiger partial charge is 0.478 e. The molecule has 0 saturated carbocycles. The first-order valence-corrected chi connectivity index (χ1v) is 5.28. The van der Waals surface area contributed by atoms with Crippen molar-refractivity contribution in [2.24, 2.45) is 5.92 Å². The van der Waals surface area contributed by atoms with Gasteiger partial charge < -0.3 is 10.0 Å². The number of nitriles is 1. The molecule has 0 aromatic carbocycles. The Hall–Kier alpha value is -2.16. The van der Waals surface area contributed by atoms with Crippen LogP contribution in [0.1, 0.15) is 24.2 Å². The van der Waals surface area contributed by atoms with Crippen molar-refractivity contribution >= 4 is 11.9 Å². The van der Waals surface area contributed by atoms with Crippen LogP contribution in [0.2, 0.25) is 0 Å². The maximum atomic E-state index is 10.6. The number of carboxylic acid groups (broad SMARTS) is 1. The molecule has 6 nitrogen and oxygen atoms in total. The fourth-order valence-corrected chi connectivity index (χ4v) is 1.32. The van der Waals surface area contributed by atoms with E-state index in [-0.39, 0.29) is 11.5 Å². The molecule has 0 bridgehead atoms. The molecule has 0 spiro atoms. The van der Waals surface area contributed by atoms with Gasteiger partial charge in [-0.2, -0.15) is 5.26 Å². The lowest BCUT2D eigenvalue weighted by molar-refractivity contribution is 0.0696. The Labute approximate surface area is 99.5 Å². The van der Waals surface area contributed by atoms with E-state index in [1.165, 1.54) is 12.4 Å². The molecular weight excluding hydrogens is 220 g/mol. The Morgan fingerprint density at radius 2 is 2.18 bits per heavy atom. The zero-order chi connectivity index (χ0) is 12.8. The van der Waals surface area contributed by atoms with Crippen LogP contribution in [0.3, 0.4) is 0 Å². The maximum Gasteiger partial charge on any atom is 0.338 e. The summed E-state index contributed by atoms with van der Waals surface area (Å²) in [5.41, 5.74) is 0.0538. The van der Waals surface area contributed by atoms with Gasteiger partial charge in [-0.3, -0.25) is 0 Å². The van der Waals surface area contributed by atoms with Crippen LogP contribution in [0.5, 0.6) is 0 Å². The van der Waals surface area contributed by atoms with Gasteiger partial charge in [0, 0.05) is 25.5 Å². The number of anilines is 1. The van der Waals surface area contributed by atoms with E-state index in [1.807, 2.05) is 18.7 Å². The van der Waals surface area contributed by atoms with Crippen molar-refractivity contribution in [2.75, 3.05) is 18.0 Å². The Balaban J connectivity index is 2.83. The smallest absolute Gasteiger partial charge is 0.338 e. The van der Waals surface area contributed by atoms with Gasteiger partial charge in [0.25, 0.3) is 0 Å². The van der Waals surface area contributed by atoms with E-state index in [0.29, 0.717) is 19.0 Å². The number of carboxylic acids is 1. The van der Waals surface area contributed by atoms with Crippen LogP contribution < -0.4 is 4.90 Å². The van der Waals surface area contributed by atoms with Crippen LogP contribution in [0, 0.1) is 17.2 Å². The van der Waals surface area contributed by atoms with Crippen molar-refractivity contribution in [3.05, 3.63) is 18.0 Å². The molecule has 90 valence electrons. The Morgan fingerprint density at radius 3 is 2.59 bits per heavy atom. The highest BCUT2D eigenvalue weighted by Gasteiger charge is 2.12. The minimum absolute atomic E-state index is 0.0538. The van der Waals surface area contributed by atoms with Crippen molar-refractivity contribution in [3.8, 4) is 6.07 Å². The number of hydrogen-bond donors (Lipinski definition) is 1. The molecular formula is C11H14N4O2. The van der Waals surface area contributed by atoms with Gasteiger partial charge in [-0.05, 0) is 13.8 Å². The van der Waals surface area contributed by atoms with Gasteiger partial charge >= 0.3 is 5.97 Å². The molecule has 1 aromatic heterocycles. The molecule has 1 aromatic rings. The lowest BCUT2D eigenvalue weighted by atomic mass is 10.2. The zero-order valence-corrected chi connectivity index (χ0v) is 9.79. The molecule has 0 aliphatic heterocycles. The second kappa shape index (κ2) is 5.80. The molecule has 0 saturated heterocycles. The molecule has 1 unspecified atom stereocenters. The summed E-state index contributed by atoms with van der Waals surface area (Å²) in [5, 5.41) is 17.5. The Bertz CT molecular complexity index is 424. The summed E-state index contributed by atoms with van der Waals surface area (Å²) in [7, 11) is 0. The summed E-state index contributed by atoms with van der Waals surface area (Å²) in [5.74, 6) is -0.734. The summed E-state index contributed by atoms with van der Waals surface area (Å²) < 4.78 is 0. The van der Waals surface area contributed by atoms with Crippen LogP contribution in [0.4, 0.5) is 5.95 Å². The third-order valence-electron chi connectivity index (χ3n) is 2.26. The minimum Gasteiger partial charge on any atom is -0.478 e. The predicted octanol–water partition coefficient (Wildman–Crippen LogP) is 1.16. The van der Waals surface area contributed by atoms with Crippen molar-refractivity contribution in [1.82, 2.24) is 9.97 Å². The average molecular weight is 234 g/mol. The van der Waals surface area contributed by atoms with E-state index in [2.05, 4.69) is 16.0 Å². The van der Waals surface area contributed by atoms with Gasteiger partial charge in [0.1, 0.15) is 0 Å². The van der Waals surface area contributed by atoms with Crippen molar-refractivity contribution in [3.63, 3.8) is 0 Å². The van der Waals surface area contributed by atoms with Gasteiger partial charge in [-0.1, -0.05) is 0 Å². The standard InChI is InChI=1S/C11H14N4O2/c1-3-15(7-8(2)4-12)11-13-5-9(6-14-11)10(16)17/h5-6,8H,3,7H2,1-2H3,(H,16,17). The molecule has 1 heterocycles. The highest BCUT2D eigenvalue weighted by Crippen LogP contribution is 2.09. The molecule has 0 fully saturated rings. The minimum atomic E-state index is -1.05. The molecule has 0 amide bonds. The van der Waals surface area contributed by atoms with Crippen LogP contribution in [0.15, 0.2) is 12.4 Å². The lowest BCUT2D eigenvalue weighted by Gasteiger charge is -2.21. The predicted molar refractivity (Wildman–Crippen MR) is 61.7 cm³/mol. The fraction of sp³-hybridized carbons (Fsp3) is 0.455. The molecule has 0 aliphatic rings. The van der Waals surface area contributed by atoms with Crippen LogP contribution >= 0.6 is 0 Å². The molecule has 1 N–H and O–H groups in total. The van der Waals surface area contributed by atoms with Gasteiger partial charge in [0.05, 0.1) is 17.6 Å². The number of hydrogen-bond acceptors (Lipinski definition) is 5. The fourth-order valence-electron chi connectivity index (χ4n) is 1.32. The number of rotatable bonds is 5. The van der Waals surface area contributed by atoms with E-state index in [1.54, 1.807) is 0 Å². The first kappa shape index (κ1) is 12.9. The third-order valence-corrected chi connectivity index (χ3v) is 2.26. The highest BCUT2D eigenvalue weighted by atomic mass is 16.4. The summed E-state index contributed by atoms with van der Waals surface area (Å²) in [6.07, 6.45) is 2.54. The van der Waals surface area contributed by atoms with E-state index in [0.717, 1.165) is 0 Å². The normalized spacial score (nSPS) is 11.6.